The van der Waals surface area contributed by atoms with Crippen molar-refractivity contribution in [2.24, 2.45) is 0 Å². The summed E-state index contributed by atoms with van der Waals surface area (Å²) in [7, 11) is 0. The van der Waals surface area contributed by atoms with E-state index in [-0.39, 0.29) is 0 Å². The number of rotatable bonds is 2. The molecule has 3 aromatic rings. The number of nitriles is 1. The van der Waals surface area contributed by atoms with Crippen molar-refractivity contribution >= 4 is 34.0 Å². The number of nitrogens with one attached hydrogen (secondary N) is 2. The summed E-state index contributed by atoms with van der Waals surface area (Å²) in [4.78, 5) is 29.8. The number of H-pyrrole nitrogens is 1. The Kier molecular flexibility index (Phi) is 4.88. The van der Waals surface area contributed by atoms with Crippen LogP contribution in [0.1, 0.15) is 23.2 Å². The van der Waals surface area contributed by atoms with Gasteiger partial charge in [-0.1, -0.05) is 24.3 Å². The number of carbonyl (C=O) groups excluding carboxylic acids is 2. The third-order valence-corrected chi connectivity index (χ3v) is 5.18. The lowest BCUT2D eigenvalue weighted by molar-refractivity contribution is -0.142. The molecular weight excluding hydrogens is 364 g/mol. The largest absolute Gasteiger partial charge is 0.358 e. The van der Waals surface area contributed by atoms with Crippen molar-refractivity contribution in [1.82, 2.24) is 9.88 Å². The molecule has 144 valence electrons. The summed E-state index contributed by atoms with van der Waals surface area (Å²) in [5.41, 5.74) is 5.57. The van der Waals surface area contributed by atoms with Gasteiger partial charge in [0, 0.05) is 40.9 Å². The van der Waals surface area contributed by atoms with Gasteiger partial charge in [-0.15, -0.1) is 0 Å². The molecular formula is C23H20N4O2. The normalized spacial score (nSPS) is 13.7. The van der Waals surface area contributed by atoms with Crippen molar-refractivity contribution in [1.29, 1.82) is 5.26 Å². The Morgan fingerprint density at radius 1 is 1.14 bits per heavy atom. The van der Waals surface area contributed by atoms with E-state index >= 15 is 0 Å². The average molecular weight is 384 g/mol. The second kappa shape index (κ2) is 7.64. The summed E-state index contributed by atoms with van der Waals surface area (Å²) in [6.07, 6.45) is 2.72. The highest BCUT2D eigenvalue weighted by molar-refractivity contribution is 6.39. The number of carbonyl (C=O) groups is 2. The number of anilines is 1. The molecule has 2 heterocycles. The zero-order chi connectivity index (χ0) is 20.4. The van der Waals surface area contributed by atoms with E-state index in [1.807, 2.05) is 24.3 Å². The van der Waals surface area contributed by atoms with E-state index in [2.05, 4.69) is 29.4 Å². The summed E-state index contributed by atoms with van der Waals surface area (Å²) in [6.45, 7) is 2.94. The average Bonchev–Trinajstić information content (AvgIpc) is 3.09. The molecule has 6 nitrogen and oxygen atoms in total. The van der Waals surface area contributed by atoms with Crippen LogP contribution in [0.15, 0.2) is 54.6 Å². The quantitative estimate of drug-likeness (QED) is 0.662. The number of benzene rings is 2. The second-order valence-corrected chi connectivity index (χ2v) is 7.04. The molecule has 0 bridgehead atoms. The molecule has 1 aromatic heterocycles. The minimum atomic E-state index is -0.671. The van der Waals surface area contributed by atoms with Crippen molar-refractivity contribution in [2.45, 2.75) is 13.3 Å². The molecule has 29 heavy (non-hydrogen) atoms. The van der Waals surface area contributed by atoms with Gasteiger partial charge in [-0.3, -0.25) is 9.59 Å². The predicted molar refractivity (Wildman–Crippen MR) is 112 cm³/mol. The fraction of sp³-hybridized carbons (Fsp3) is 0.174. The van der Waals surface area contributed by atoms with E-state index in [4.69, 9.17) is 5.26 Å². The van der Waals surface area contributed by atoms with Crippen LogP contribution in [0.4, 0.5) is 5.69 Å². The third-order valence-electron chi connectivity index (χ3n) is 5.18. The van der Waals surface area contributed by atoms with Crippen molar-refractivity contribution < 1.29 is 9.59 Å². The third kappa shape index (κ3) is 3.63. The number of nitrogens with zero attached hydrogens (tertiary/aromatic N) is 2. The minimum absolute atomic E-state index is 0.397. The molecule has 1 aliphatic heterocycles. The van der Waals surface area contributed by atoms with Gasteiger partial charge < -0.3 is 15.2 Å². The number of aromatic nitrogens is 1. The molecule has 2 N–H and O–H groups in total. The van der Waals surface area contributed by atoms with E-state index in [9.17, 15) is 9.59 Å². The standard InChI is InChI=1S/C23H20N4O2/c1-15-21(19-4-2-3-5-20(19)25-15)17-10-12-27(13-11-17)23(29)22(28)26-18-8-6-16(14-24)7-9-18/h2-10,25H,11-13H2,1H3,(H,26,28). The molecule has 4 rings (SSSR count). The number of fused-ring (bicyclic) bond motifs is 1. The SMILES string of the molecule is Cc1[nH]c2ccccc2c1C1=CCN(C(=O)C(=O)Nc2ccc(C#N)cc2)CC1. The lowest BCUT2D eigenvalue weighted by atomic mass is 9.96. The first-order valence-electron chi connectivity index (χ1n) is 9.44. The van der Waals surface area contributed by atoms with E-state index in [1.165, 1.54) is 16.5 Å². The molecule has 0 spiro atoms. The molecule has 0 radical (unpaired) electrons. The molecule has 1 aliphatic rings. The summed E-state index contributed by atoms with van der Waals surface area (Å²) in [5.74, 6) is -1.23. The monoisotopic (exact) mass is 384 g/mol. The summed E-state index contributed by atoms with van der Waals surface area (Å²) >= 11 is 0. The molecule has 2 aromatic carbocycles. The fourth-order valence-corrected chi connectivity index (χ4v) is 3.73. The Hall–Kier alpha value is -3.85. The first-order valence-corrected chi connectivity index (χ1v) is 9.44. The number of para-hydroxylation sites is 1. The summed E-state index contributed by atoms with van der Waals surface area (Å²) < 4.78 is 0. The Morgan fingerprint density at radius 2 is 1.90 bits per heavy atom. The van der Waals surface area contributed by atoms with Crippen LogP contribution in [0.3, 0.4) is 0 Å². The van der Waals surface area contributed by atoms with Gasteiger partial charge in [0.1, 0.15) is 0 Å². The maximum atomic E-state index is 12.5. The fourth-order valence-electron chi connectivity index (χ4n) is 3.73. The van der Waals surface area contributed by atoms with E-state index in [0.717, 1.165) is 11.2 Å². The van der Waals surface area contributed by atoms with Gasteiger partial charge in [-0.25, -0.2) is 0 Å². The van der Waals surface area contributed by atoms with Crippen LogP contribution < -0.4 is 5.32 Å². The van der Waals surface area contributed by atoms with Gasteiger partial charge >= 0.3 is 11.8 Å². The zero-order valence-corrected chi connectivity index (χ0v) is 16.0. The lowest BCUT2D eigenvalue weighted by Gasteiger charge is -2.26. The van der Waals surface area contributed by atoms with Crippen LogP contribution in [-0.2, 0) is 9.59 Å². The number of aromatic amines is 1. The first kappa shape index (κ1) is 18.5. The number of amides is 2. The van der Waals surface area contributed by atoms with Crippen LogP contribution in [0.2, 0.25) is 0 Å². The maximum absolute atomic E-state index is 12.5. The van der Waals surface area contributed by atoms with Gasteiger partial charge in [-0.2, -0.15) is 5.26 Å². The van der Waals surface area contributed by atoms with Crippen molar-refractivity contribution in [3.63, 3.8) is 0 Å². The summed E-state index contributed by atoms with van der Waals surface area (Å²) in [5, 5.41) is 12.6. The van der Waals surface area contributed by atoms with Gasteiger partial charge in [0.15, 0.2) is 0 Å². The Labute approximate surface area is 168 Å². The van der Waals surface area contributed by atoms with Gasteiger partial charge in [0.25, 0.3) is 0 Å². The van der Waals surface area contributed by atoms with Crippen molar-refractivity contribution in [3.05, 3.63) is 71.4 Å². The Morgan fingerprint density at radius 3 is 2.59 bits per heavy atom. The molecule has 0 atom stereocenters. The highest BCUT2D eigenvalue weighted by Crippen LogP contribution is 2.32. The first-order chi connectivity index (χ1) is 14.1. The van der Waals surface area contributed by atoms with Crippen LogP contribution in [-0.4, -0.2) is 34.8 Å². The Balaban J connectivity index is 1.46. The van der Waals surface area contributed by atoms with Gasteiger partial charge in [0.05, 0.1) is 11.6 Å². The summed E-state index contributed by atoms with van der Waals surface area (Å²) in [6, 6.07) is 16.6. The number of hydrogen-bond donors (Lipinski definition) is 2. The topological polar surface area (TPSA) is 89.0 Å². The zero-order valence-electron chi connectivity index (χ0n) is 16.0. The molecule has 0 aliphatic carbocycles. The van der Waals surface area contributed by atoms with Gasteiger partial charge in [-0.05, 0) is 49.2 Å². The van der Waals surface area contributed by atoms with E-state index in [0.29, 0.717) is 30.8 Å². The molecule has 0 saturated carbocycles. The van der Waals surface area contributed by atoms with Crippen LogP contribution in [0.5, 0.6) is 0 Å². The molecule has 0 saturated heterocycles. The molecule has 0 fully saturated rings. The second-order valence-electron chi connectivity index (χ2n) is 7.04. The van der Waals surface area contributed by atoms with Crippen molar-refractivity contribution in [2.75, 3.05) is 18.4 Å². The lowest BCUT2D eigenvalue weighted by Crippen LogP contribution is -2.41. The predicted octanol–water partition coefficient (Wildman–Crippen LogP) is 3.60. The van der Waals surface area contributed by atoms with Crippen LogP contribution in [0.25, 0.3) is 16.5 Å². The van der Waals surface area contributed by atoms with Crippen LogP contribution in [0, 0.1) is 18.3 Å². The number of hydrogen-bond acceptors (Lipinski definition) is 3. The molecule has 6 heteroatoms. The van der Waals surface area contributed by atoms with E-state index in [1.54, 1.807) is 29.2 Å². The van der Waals surface area contributed by atoms with Gasteiger partial charge in [0.2, 0.25) is 0 Å². The smallest absolute Gasteiger partial charge is 0.313 e. The maximum Gasteiger partial charge on any atom is 0.313 e. The Bertz CT molecular complexity index is 1170. The highest BCUT2D eigenvalue weighted by atomic mass is 16.2. The highest BCUT2D eigenvalue weighted by Gasteiger charge is 2.25. The van der Waals surface area contributed by atoms with E-state index < -0.39 is 11.8 Å². The minimum Gasteiger partial charge on any atom is -0.358 e. The molecule has 2 amide bonds. The van der Waals surface area contributed by atoms with Crippen molar-refractivity contribution in [3.8, 4) is 6.07 Å². The number of aryl methyl sites for hydroxylation is 1. The van der Waals surface area contributed by atoms with Crippen LogP contribution >= 0.6 is 0 Å². The molecule has 0 unspecified atom stereocenters.